The van der Waals surface area contributed by atoms with E-state index in [2.05, 4.69) is 10.3 Å². The van der Waals surface area contributed by atoms with E-state index in [0.717, 1.165) is 31.2 Å². The Morgan fingerprint density at radius 2 is 2.00 bits per heavy atom. The van der Waals surface area contributed by atoms with Crippen LogP contribution >= 0.6 is 0 Å². The number of fused-ring (bicyclic) bond motifs is 2. The van der Waals surface area contributed by atoms with E-state index in [1.54, 1.807) is 23.6 Å². The van der Waals surface area contributed by atoms with Crippen LogP contribution in [-0.4, -0.2) is 57.7 Å². The van der Waals surface area contributed by atoms with Crippen LogP contribution in [0.5, 0.6) is 11.5 Å². The average Bonchev–Trinajstić information content (AvgIpc) is 3.56. The molecule has 0 radical (unpaired) electrons. The number of benzene rings is 1. The third kappa shape index (κ3) is 3.59. The van der Waals surface area contributed by atoms with Crippen LogP contribution in [0.3, 0.4) is 0 Å². The van der Waals surface area contributed by atoms with E-state index in [-0.39, 0.29) is 43.2 Å². The highest BCUT2D eigenvalue weighted by Gasteiger charge is 2.49. The van der Waals surface area contributed by atoms with Gasteiger partial charge in [-0.05, 0) is 37.5 Å². The molecule has 1 aromatic carbocycles. The normalized spacial score (nSPS) is 21.8. The molecule has 1 fully saturated rings. The summed E-state index contributed by atoms with van der Waals surface area (Å²) in [5, 5.41) is 3.14. The molecule has 3 heterocycles. The summed E-state index contributed by atoms with van der Waals surface area (Å²) < 4.78 is 17.2. The van der Waals surface area contributed by atoms with Crippen molar-refractivity contribution in [2.75, 3.05) is 13.9 Å². The smallest absolute Gasteiger partial charge is 0.359 e. The maximum absolute atomic E-state index is 13.7. The lowest BCUT2D eigenvalue weighted by Crippen LogP contribution is -2.64. The summed E-state index contributed by atoms with van der Waals surface area (Å²) in [5.74, 6) is -0.145. The van der Waals surface area contributed by atoms with Crippen molar-refractivity contribution in [2.45, 2.75) is 57.3 Å². The van der Waals surface area contributed by atoms with Crippen molar-refractivity contribution in [3.63, 3.8) is 0 Å². The van der Waals surface area contributed by atoms with Crippen LogP contribution in [0, 0.1) is 0 Å². The van der Waals surface area contributed by atoms with Crippen LogP contribution < -0.4 is 14.8 Å². The number of carbonyl (C=O) groups is 3. The Balaban J connectivity index is 1.52. The highest BCUT2D eigenvalue weighted by Crippen LogP contribution is 2.35. The fraction of sp³-hybridized carbons (Fsp3) is 0.478. The summed E-state index contributed by atoms with van der Waals surface area (Å²) in [6.07, 6.45) is 5.44. The van der Waals surface area contributed by atoms with Crippen LogP contribution in [0.2, 0.25) is 0 Å². The number of imidazole rings is 1. The molecular formula is C23H26N4O6. The molecule has 1 saturated carbocycles. The first-order valence-corrected chi connectivity index (χ1v) is 11.1. The van der Waals surface area contributed by atoms with Crippen molar-refractivity contribution < 1.29 is 28.6 Å². The number of esters is 1. The summed E-state index contributed by atoms with van der Waals surface area (Å²) in [6.45, 7) is 2.21. The minimum absolute atomic E-state index is 0.0589. The SMILES string of the molecule is COC(=O)c1ncn2c1C(=O)N(Cc1ccc3c(c1)OCO3)C(C)(C(=O)NC1CCCC1)C2. The zero-order valence-corrected chi connectivity index (χ0v) is 18.6. The van der Waals surface area contributed by atoms with Crippen molar-refractivity contribution >= 4 is 17.8 Å². The van der Waals surface area contributed by atoms with E-state index in [1.165, 1.54) is 18.3 Å². The minimum atomic E-state index is -1.18. The second-order valence-electron chi connectivity index (χ2n) is 8.87. The first-order chi connectivity index (χ1) is 15.9. The van der Waals surface area contributed by atoms with Crippen molar-refractivity contribution in [3.8, 4) is 11.5 Å². The van der Waals surface area contributed by atoms with E-state index >= 15 is 0 Å². The molecule has 2 aliphatic heterocycles. The number of hydrogen-bond acceptors (Lipinski definition) is 7. The van der Waals surface area contributed by atoms with Crippen molar-refractivity contribution in [1.29, 1.82) is 0 Å². The highest BCUT2D eigenvalue weighted by molar-refractivity contribution is 6.06. The molecular weight excluding hydrogens is 428 g/mol. The molecule has 33 heavy (non-hydrogen) atoms. The molecule has 5 rings (SSSR count). The van der Waals surface area contributed by atoms with Gasteiger partial charge in [-0.2, -0.15) is 0 Å². The predicted octanol–water partition coefficient (Wildman–Crippen LogP) is 1.87. The summed E-state index contributed by atoms with van der Waals surface area (Å²) >= 11 is 0. The Kier molecular flexibility index (Phi) is 5.22. The van der Waals surface area contributed by atoms with Crippen LogP contribution in [0.15, 0.2) is 24.5 Å². The molecule has 10 nitrogen and oxygen atoms in total. The molecule has 1 unspecified atom stereocenters. The molecule has 3 aliphatic rings. The van der Waals surface area contributed by atoms with Gasteiger partial charge >= 0.3 is 5.97 Å². The van der Waals surface area contributed by atoms with Crippen molar-refractivity contribution in [3.05, 3.63) is 41.5 Å². The van der Waals surface area contributed by atoms with Gasteiger partial charge < -0.3 is 29.0 Å². The number of nitrogens with one attached hydrogen (secondary N) is 1. The zero-order valence-electron chi connectivity index (χ0n) is 18.6. The van der Waals surface area contributed by atoms with Gasteiger partial charge in [0.05, 0.1) is 20.0 Å². The third-order valence-electron chi connectivity index (χ3n) is 6.70. The van der Waals surface area contributed by atoms with Gasteiger partial charge in [0.1, 0.15) is 11.2 Å². The molecule has 1 atom stereocenters. The first kappa shape index (κ1) is 21.3. The summed E-state index contributed by atoms with van der Waals surface area (Å²) in [6, 6.07) is 5.53. The molecule has 10 heteroatoms. The predicted molar refractivity (Wildman–Crippen MR) is 115 cm³/mol. The Morgan fingerprint density at radius 3 is 2.76 bits per heavy atom. The Labute approximate surface area is 190 Å². The van der Waals surface area contributed by atoms with Crippen LogP contribution in [0.25, 0.3) is 0 Å². The summed E-state index contributed by atoms with van der Waals surface area (Å²) in [4.78, 5) is 45.1. The molecule has 2 aromatic rings. The van der Waals surface area contributed by atoms with Crippen LogP contribution in [0.4, 0.5) is 0 Å². The molecule has 1 aliphatic carbocycles. The Bertz CT molecular complexity index is 1120. The lowest BCUT2D eigenvalue weighted by Gasteiger charge is -2.44. The number of nitrogens with zero attached hydrogens (tertiary/aromatic N) is 3. The van der Waals surface area contributed by atoms with Gasteiger partial charge in [-0.3, -0.25) is 9.59 Å². The second kappa shape index (κ2) is 8.09. The van der Waals surface area contributed by atoms with Gasteiger partial charge in [-0.25, -0.2) is 9.78 Å². The number of rotatable bonds is 5. The molecule has 2 amide bonds. The number of hydrogen-bond donors (Lipinski definition) is 1. The maximum Gasteiger partial charge on any atom is 0.359 e. The van der Waals surface area contributed by atoms with Crippen molar-refractivity contribution in [2.24, 2.45) is 0 Å². The molecule has 174 valence electrons. The lowest BCUT2D eigenvalue weighted by atomic mass is 9.93. The van der Waals surface area contributed by atoms with E-state index in [0.29, 0.717) is 11.5 Å². The largest absolute Gasteiger partial charge is 0.464 e. The standard InChI is InChI=1S/C23H26N4O6/c1-23(22(30)25-15-5-3-4-6-15)11-26-12-24-18(21(29)31-2)19(26)20(28)27(23)10-14-7-8-16-17(9-14)33-13-32-16/h7-9,12,15H,3-6,10-11,13H2,1-2H3,(H,25,30). The topological polar surface area (TPSA) is 112 Å². The van der Waals surface area contributed by atoms with Gasteiger partial charge in [0.25, 0.3) is 5.91 Å². The molecule has 1 aromatic heterocycles. The first-order valence-electron chi connectivity index (χ1n) is 11.1. The Hall–Kier alpha value is -3.56. The van der Waals surface area contributed by atoms with Gasteiger partial charge in [-0.15, -0.1) is 0 Å². The van der Waals surface area contributed by atoms with Gasteiger partial charge in [-0.1, -0.05) is 18.9 Å². The summed E-state index contributed by atoms with van der Waals surface area (Å²) in [7, 11) is 1.24. The van der Waals surface area contributed by atoms with E-state index < -0.39 is 17.4 Å². The number of ether oxygens (including phenoxy) is 3. The molecule has 0 spiro atoms. The number of methoxy groups -OCH3 is 1. The minimum Gasteiger partial charge on any atom is -0.464 e. The highest BCUT2D eigenvalue weighted by atomic mass is 16.7. The molecule has 1 N–H and O–H groups in total. The monoisotopic (exact) mass is 454 g/mol. The van der Waals surface area contributed by atoms with Crippen LogP contribution in [0.1, 0.15) is 59.1 Å². The average molecular weight is 454 g/mol. The number of amides is 2. The number of aromatic nitrogens is 2. The quantitative estimate of drug-likeness (QED) is 0.687. The Morgan fingerprint density at radius 1 is 1.24 bits per heavy atom. The fourth-order valence-electron chi connectivity index (χ4n) is 4.81. The maximum atomic E-state index is 13.7. The second-order valence-corrected chi connectivity index (χ2v) is 8.87. The lowest BCUT2D eigenvalue weighted by molar-refractivity contribution is -0.134. The van der Waals surface area contributed by atoms with E-state index in [1.807, 2.05) is 6.07 Å². The van der Waals surface area contributed by atoms with Crippen LogP contribution in [-0.2, 0) is 22.6 Å². The summed E-state index contributed by atoms with van der Waals surface area (Å²) in [5.41, 5.74) is -0.345. The van der Waals surface area contributed by atoms with Gasteiger partial charge in [0, 0.05) is 12.6 Å². The van der Waals surface area contributed by atoms with Gasteiger partial charge in [0.2, 0.25) is 12.7 Å². The van der Waals surface area contributed by atoms with Gasteiger partial charge in [0.15, 0.2) is 17.2 Å². The zero-order chi connectivity index (χ0) is 23.2. The fourth-order valence-corrected chi connectivity index (χ4v) is 4.81. The number of carbonyl (C=O) groups excluding carboxylic acids is 3. The third-order valence-corrected chi connectivity index (χ3v) is 6.70. The molecule has 0 bridgehead atoms. The van der Waals surface area contributed by atoms with Crippen molar-refractivity contribution in [1.82, 2.24) is 19.8 Å². The van der Waals surface area contributed by atoms with E-state index in [4.69, 9.17) is 14.2 Å². The van der Waals surface area contributed by atoms with E-state index in [9.17, 15) is 14.4 Å². The molecule has 0 saturated heterocycles.